The molecule has 0 aliphatic carbocycles. The fourth-order valence-corrected chi connectivity index (χ4v) is 3.75. The first kappa shape index (κ1) is 12.5. The predicted octanol–water partition coefficient (Wildman–Crippen LogP) is 2.39. The van der Waals surface area contributed by atoms with Gasteiger partial charge in [-0.25, -0.2) is 0 Å². The molecule has 0 amide bonds. The molecule has 2 rings (SSSR count). The second-order valence-corrected chi connectivity index (χ2v) is 6.20. The molecule has 0 fully saturated rings. The maximum Gasteiger partial charge on any atom is 0.213 e. The molecule has 2 aromatic rings. The van der Waals surface area contributed by atoms with Gasteiger partial charge in [-0.1, -0.05) is 12.1 Å². The Balaban J connectivity index is 2.41. The summed E-state index contributed by atoms with van der Waals surface area (Å²) in [5.74, 6) is 0. The predicted molar refractivity (Wildman–Crippen MR) is 68.7 cm³/mol. The van der Waals surface area contributed by atoms with Crippen LogP contribution in [0.5, 0.6) is 0 Å². The molecule has 0 aromatic heterocycles. The van der Waals surface area contributed by atoms with Gasteiger partial charge in [-0.2, -0.15) is 0 Å². The van der Waals surface area contributed by atoms with E-state index in [9.17, 15) is 9.11 Å². The van der Waals surface area contributed by atoms with E-state index in [1.807, 2.05) is 0 Å². The van der Waals surface area contributed by atoms with Crippen molar-refractivity contribution in [3.8, 4) is 0 Å². The molecule has 0 N–H and O–H groups in total. The first-order valence-electron chi connectivity index (χ1n) is 5.00. The topological polar surface area (TPSA) is 46.1 Å². The van der Waals surface area contributed by atoms with Gasteiger partial charge in [-0.15, -0.1) is 0 Å². The Morgan fingerprint density at radius 2 is 1.53 bits per heavy atom. The molecule has 2 aromatic carbocycles. The maximum absolute atomic E-state index is 12.3. The highest BCUT2D eigenvalue weighted by Gasteiger charge is 2.23. The van der Waals surface area contributed by atoms with Crippen molar-refractivity contribution in [1.29, 1.82) is 0 Å². The van der Waals surface area contributed by atoms with Gasteiger partial charge in [0, 0.05) is 11.2 Å². The first-order valence-corrected chi connectivity index (χ1v) is 7.71. The molecule has 0 spiro atoms. The summed E-state index contributed by atoms with van der Waals surface area (Å²) in [6.45, 7) is 0. The molecule has 0 bridgehead atoms. The summed E-state index contributed by atoms with van der Waals surface area (Å²) in [4.78, 5) is 1.93. The van der Waals surface area contributed by atoms with E-state index in [4.69, 9.17) is 0 Å². The molecule has 2 nitrogen and oxygen atoms in total. The van der Waals surface area contributed by atoms with E-state index in [1.165, 1.54) is 0 Å². The molecule has 0 heterocycles. The Hall–Kier alpha value is -0.940. The maximum atomic E-state index is 12.3. The molecule has 87 valence electrons. The first-order chi connectivity index (χ1) is 8.20. The summed E-state index contributed by atoms with van der Waals surface area (Å²) < 4.78 is 23.9. The molecule has 1 radical (unpaired) electrons. The minimum atomic E-state index is -1.29. The SMILES string of the molecule is C[S+]([O-])c1ccccc1[S+]([O-])c1cc[c]cc1. The molecular formula is C13H11O2S2. The zero-order valence-electron chi connectivity index (χ0n) is 9.25. The van der Waals surface area contributed by atoms with Crippen molar-refractivity contribution in [3.05, 3.63) is 54.6 Å². The zero-order chi connectivity index (χ0) is 12.3. The molecule has 2 unspecified atom stereocenters. The lowest BCUT2D eigenvalue weighted by atomic mass is 10.4. The molecular weight excluding hydrogens is 252 g/mol. The highest BCUT2D eigenvalue weighted by Crippen LogP contribution is 2.26. The van der Waals surface area contributed by atoms with Crippen LogP contribution in [0.25, 0.3) is 0 Å². The Labute approximate surface area is 107 Å². The van der Waals surface area contributed by atoms with Gasteiger partial charge < -0.3 is 9.11 Å². The standard InChI is InChI=1S/C13H11O2S2/c1-16(14)12-9-5-6-10-13(12)17(15)11-7-3-2-4-8-11/h3-10H,1H3. The lowest BCUT2D eigenvalue weighted by Crippen LogP contribution is -2.09. The summed E-state index contributed by atoms with van der Waals surface area (Å²) in [6.07, 6.45) is 1.59. The van der Waals surface area contributed by atoms with E-state index in [0.717, 1.165) is 0 Å². The molecule has 17 heavy (non-hydrogen) atoms. The smallest absolute Gasteiger partial charge is 0.213 e. The third kappa shape index (κ3) is 2.84. The normalized spacial score (nSPS) is 14.3. The lowest BCUT2D eigenvalue weighted by molar-refractivity contribution is 0.585. The van der Waals surface area contributed by atoms with Gasteiger partial charge in [-0.3, -0.25) is 0 Å². The van der Waals surface area contributed by atoms with Gasteiger partial charge in [-0.05, 0) is 53.6 Å². The van der Waals surface area contributed by atoms with Crippen LogP contribution < -0.4 is 0 Å². The third-order valence-corrected chi connectivity index (χ3v) is 4.82. The van der Waals surface area contributed by atoms with Crippen LogP contribution in [0.15, 0.2) is 63.2 Å². The molecule has 0 aliphatic heterocycles. The molecule has 4 heteroatoms. The van der Waals surface area contributed by atoms with Crippen LogP contribution in [0.2, 0.25) is 0 Å². The van der Waals surface area contributed by atoms with E-state index in [2.05, 4.69) is 6.07 Å². The van der Waals surface area contributed by atoms with Crippen LogP contribution >= 0.6 is 0 Å². The summed E-state index contributed by atoms with van der Waals surface area (Å²) in [7, 11) is 0. The average molecular weight is 263 g/mol. The largest absolute Gasteiger partial charge is 0.612 e. The summed E-state index contributed by atoms with van der Waals surface area (Å²) in [6, 6.07) is 16.9. The van der Waals surface area contributed by atoms with Crippen molar-refractivity contribution in [3.63, 3.8) is 0 Å². The fraction of sp³-hybridized carbons (Fsp3) is 0.0769. The minimum Gasteiger partial charge on any atom is -0.612 e. The summed E-state index contributed by atoms with van der Waals surface area (Å²) in [5, 5.41) is 0. The van der Waals surface area contributed by atoms with Crippen LogP contribution in [-0.2, 0) is 22.4 Å². The van der Waals surface area contributed by atoms with E-state index < -0.39 is 22.4 Å². The van der Waals surface area contributed by atoms with Crippen molar-refractivity contribution in [1.82, 2.24) is 0 Å². The van der Waals surface area contributed by atoms with Crippen molar-refractivity contribution < 1.29 is 9.11 Å². The van der Waals surface area contributed by atoms with Gasteiger partial charge in [0.25, 0.3) is 0 Å². The van der Waals surface area contributed by atoms with Crippen LogP contribution in [0.4, 0.5) is 0 Å². The van der Waals surface area contributed by atoms with Gasteiger partial charge in [0.2, 0.25) is 9.79 Å². The summed E-state index contributed by atoms with van der Waals surface area (Å²) >= 11 is -2.43. The van der Waals surface area contributed by atoms with Gasteiger partial charge >= 0.3 is 0 Å². The van der Waals surface area contributed by atoms with Crippen molar-refractivity contribution in [2.24, 2.45) is 0 Å². The van der Waals surface area contributed by atoms with Gasteiger partial charge in [0.15, 0.2) is 4.90 Å². The quantitative estimate of drug-likeness (QED) is 0.798. The van der Waals surface area contributed by atoms with Crippen LogP contribution in [0.1, 0.15) is 0 Å². The second kappa shape index (κ2) is 5.60. The van der Waals surface area contributed by atoms with Crippen LogP contribution in [0.3, 0.4) is 0 Å². The van der Waals surface area contributed by atoms with E-state index in [0.29, 0.717) is 14.7 Å². The monoisotopic (exact) mass is 263 g/mol. The average Bonchev–Trinajstić information content (AvgIpc) is 2.39. The third-order valence-electron chi connectivity index (χ3n) is 2.26. The zero-order valence-corrected chi connectivity index (χ0v) is 10.9. The van der Waals surface area contributed by atoms with Gasteiger partial charge in [0.05, 0.1) is 0 Å². The van der Waals surface area contributed by atoms with Crippen LogP contribution in [-0.4, -0.2) is 15.4 Å². The van der Waals surface area contributed by atoms with Gasteiger partial charge in [0.1, 0.15) is 6.26 Å². The number of hydrogen-bond acceptors (Lipinski definition) is 2. The molecule has 2 atom stereocenters. The highest BCUT2D eigenvalue weighted by atomic mass is 32.2. The molecule has 0 saturated carbocycles. The van der Waals surface area contributed by atoms with Crippen molar-refractivity contribution >= 4 is 22.4 Å². The number of benzene rings is 2. The van der Waals surface area contributed by atoms with Crippen LogP contribution in [0, 0.1) is 6.07 Å². The van der Waals surface area contributed by atoms with E-state index in [-0.39, 0.29) is 0 Å². The van der Waals surface area contributed by atoms with Crippen molar-refractivity contribution in [2.75, 3.05) is 6.26 Å². The number of hydrogen-bond donors (Lipinski definition) is 0. The van der Waals surface area contributed by atoms with E-state index >= 15 is 0 Å². The summed E-state index contributed by atoms with van der Waals surface area (Å²) in [5.41, 5.74) is 0. The molecule has 0 aliphatic rings. The minimum absolute atomic E-state index is 0.611. The van der Waals surface area contributed by atoms with E-state index in [1.54, 1.807) is 54.8 Å². The number of rotatable bonds is 3. The molecule has 0 saturated heterocycles. The fourth-order valence-electron chi connectivity index (χ4n) is 1.46. The Morgan fingerprint density at radius 1 is 0.941 bits per heavy atom. The lowest BCUT2D eigenvalue weighted by Gasteiger charge is -2.13. The Kier molecular flexibility index (Phi) is 4.12. The Morgan fingerprint density at radius 3 is 2.12 bits per heavy atom. The Bertz CT molecular complexity index is 486. The highest BCUT2D eigenvalue weighted by molar-refractivity contribution is 7.94. The second-order valence-electron chi connectivity index (χ2n) is 3.41. The van der Waals surface area contributed by atoms with Crippen molar-refractivity contribution in [2.45, 2.75) is 14.7 Å².